The molecule has 0 aromatic rings. The lowest BCUT2D eigenvalue weighted by molar-refractivity contribution is 0.284. The van der Waals surface area contributed by atoms with E-state index in [4.69, 9.17) is 10.6 Å². The maximum absolute atomic E-state index is 5.23. The van der Waals surface area contributed by atoms with Gasteiger partial charge in [0.25, 0.3) is 0 Å². The Morgan fingerprint density at radius 3 is 2.50 bits per heavy atom. The standard InChI is InChI=1S/C7H16N2O/c1-4-5-10-7(9-8)6(2)3/h6H,4-5,8H2,1-3H3/b9-7-. The number of hydrazone groups is 1. The van der Waals surface area contributed by atoms with Crippen LogP contribution in [0.2, 0.25) is 0 Å². The average molecular weight is 144 g/mol. The van der Waals surface area contributed by atoms with Crippen LogP contribution in [-0.2, 0) is 4.74 Å². The van der Waals surface area contributed by atoms with Crippen molar-refractivity contribution in [2.24, 2.45) is 16.9 Å². The average Bonchev–Trinajstić information content (AvgIpc) is 1.89. The topological polar surface area (TPSA) is 47.6 Å². The molecule has 0 aromatic heterocycles. The fourth-order valence-electron chi connectivity index (χ4n) is 0.560. The van der Waals surface area contributed by atoms with E-state index >= 15 is 0 Å². The van der Waals surface area contributed by atoms with E-state index in [0.29, 0.717) is 12.5 Å². The van der Waals surface area contributed by atoms with E-state index in [9.17, 15) is 0 Å². The quantitative estimate of drug-likeness (QED) is 0.281. The number of rotatable bonds is 3. The number of hydrogen-bond donors (Lipinski definition) is 1. The molecule has 0 fully saturated rings. The molecule has 0 radical (unpaired) electrons. The Bertz CT molecular complexity index is 110. The van der Waals surface area contributed by atoms with Crippen LogP contribution < -0.4 is 5.84 Å². The molecule has 0 amide bonds. The fourth-order valence-corrected chi connectivity index (χ4v) is 0.560. The SMILES string of the molecule is CCCO/C(=N\N)C(C)C. The lowest BCUT2D eigenvalue weighted by Gasteiger charge is -2.08. The molecular formula is C7H16N2O. The summed E-state index contributed by atoms with van der Waals surface area (Å²) in [5, 5.41) is 3.52. The van der Waals surface area contributed by atoms with Gasteiger partial charge in [0.15, 0.2) is 0 Å². The van der Waals surface area contributed by atoms with Crippen molar-refractivity contribution >= 4 is 5.90 Å². The molecule has 0 aliphatic rings. The molecule has 2 N–H and O–H groups in total. The summed E-state index contributed by atoms with van der Waals surface area (Å²) in [6.45, 7) is 6.76. The van der Waals surface area contributed by atoms with Crippen molar-refractivity contribution < 1.29 is 4.74 Å². The lowest BCUT2D eigenvalue weighted by Crippen LogP contribution is -2.14. The van der Waals surface area contributed by atoms with E-state index < -0.39 is 0 Å². The summed E-state index contributed by atoms with van der Waals surface area (Å²) >= 11 is 0. The molecule has 0 rings (SSSR count). The molecule has 3 nitrogen and oxygen atoms in total. The van der Waals surface area contributed by atoms with Gasteiger partial charge in [-0.25, -0.2) is 0 Å². The highest BCUT2D eigenvalue weighted by atomic mass is 16.5. The summed E-state index contributed by atoms with van der Waals surface area (Å²) in [4.78, 5) is 0. The van der Waals surface area contributed by atoms with E-state index in [1.807, 2.05) is 13.8 Å². The Kier molecular flexibility index (Phi) is 4.72. The smallest absolute Gasteiger partial charge is 0.208 e. The zero-order chi connectivity index (χ0) is 7.98. The lowest BCUT2D eigenvalue weighted by atomic mass is 10.2. The van der Waals surface area contributed by atoms with E-state index in [1.54, 1.807) is 0 Å². The minimum absolute atomic E-state index is 0.288. The van der Waals surface area contributed by atoms with Crippen molar-refractivity contribution in [1.82, 2.24) is 0 Å². The van der Waals surface area contributed by atoms with Crippen LogP contribution in [0, 0.1) is 5.92 Å². The van der Waals surface area contributed by atoms with Crippen LogP contribution in [0.4, 0.5) is 0 Å². The van der Waals surface area contributed by atoms with Gasteiger partial charge < -0.3 is 10.6 Å². The zero-order valence-corrected chi connectivity index (χ0v) is 6.92. The predicted octanol–water partition coefficient (Wildman–Crippen LogP) is 1.34. The van der Waals surface area contributed by atoms with Gasteiger partial charge in [0.05, 0.1) is 6.61 Å². The first-order valence-electron chi connectivity index (χ1n) is 3.63. The third-order valence-electron chi connectivity index (χ3n) is 1.08. The Hall–Kier alpha value is -0.730. The first-order valence-corrected chi connectivity index (χ1v) is 3.63. The summed E-state index contributed by atoms with van der Waals surface area (Å²) in [5.74, 6) is 6.01. The van der Waals surface area contributed by atoms with E-state index in [0.717, 1.165) is 6.42 Å². The van der Waals surface area contributed by atoms with Crippen LogP contribution in [0.3, 0.4) is 0 Å². The first-order chi connectivity index (χ1) is 4.72. The van der Waals surface area contributed by atoms with Crippen LogP contribution in [-0.4, -0.2) is 12.5 Å². The van der Waals surface area contributed by atoms with Crippen molar-refractivity contribution in [3.63, 3.8) is 0 Å². The molecule has 0 spiro atoms. The monoisotopic (exact) mass is 144 g/mol. The Morgan fingerprint density at radius 1 is 1.60 bits per heavy atom. The van der Waals surface area contributed by atoms with Gasteiger partial charge in [-0.15, -0.1) is 5.10 Å². The Labute approximate surface area is 62.2 Å². The van der Waals surface area contributed by atoms with Crippen LogP contribution in [0.1, 0.15) is 27.2 Å². The highest BCUT2D eigenvalue weighted by Crippen LogP contribution is 1.97. The molecule has 0 saturated carbocycles. The normalized spacial score (nSPS) is 12.2. The number of nitrogens with zero attached hydrogens (tertiary/aromatic N) is 1. The number of nitrogens with two attached hydrogens (primary N) is 1. The molecule has 3 heteroatoms. The van der Waals surface area contributed by atoms with Gasteiger partial charge >= 0.3 is 0 Å². The summed E-state index contributed by atoms with van der Waals surface area (Å²) in [6, 6.07) is 0. The molecule has 10 heavy (non-hydrogen) atoms. The van der Waals surface area contributed by atoms with Gasteiger partial charge in [0, 0.05) is 5.92 Å². The third-order valence-corrected chi connectivity index (χ3v) is 1.08. The van der Waals surface area contributed by atoms with E-state index in [1.165, 1.54) is 0 Å². The summed E-state index contributed by atoms with van der Waals surface area (Å²) in [6.07, 6.45) is 0.992. The van der Waals surface area contributed by atoms with Gasteiger partial charge in [-0.1, -0.05) is 20.8 Å². The highest BCUT2D eigenvalue weighted by Gasteiger charge is 2.03. The Morgan fingerprint density at radius 2 is 2.20 bits per heavy atom. The van der Waals surface area contributed by atoms with Crippen LogP contribution in [0.25, 0.3) is 0 Å². The van der Waals surface area contributed by atoms with Crippen molar-refractivity contribution in [3.8, 4) is 0 Å². The number of hydrogen-bond acceptors (Lipinski definition) is 3. The molecule has 0 aliphatic heterocycles. The highest BCUT2D eigenvalue weighted by molar-refractivity contribution is 5.77. The molecular weight excluding hydrogens is 128 g/mol. The Balaban J connectivity index is 3.63. The van der Waals surface area contributed by atoms with Gasteiger partial charge in [-0.05, 0) is 6.42 Å². The fraction of sp³-hybridized carbons (Fsp3) is 0.857. The molecule has 0 unspecified atom stereocenters. The molecule has 0 aromatic carbocycles. The third kappa shape index (κ3) is 3.33. The van der Waals surface area contributed by atoms with E-state index in [2.05, 4.69) is 12.0 Å². The van der Waals surface area contributed by atoms with Gasteiger partial charge in [0.1, 0.15) is 0 Å². The van der Waals surface area contributed by atoms with Crippen molar-refractivity contribution in [2.75, 3.05) is 6.61 Å². The zero-order valence-electron chi connectivity index (χ0n) is 6.92. The van der Waals surface area contributed by atoms with Gasteiger partial charge in [0.2, 0.25) is 5.90 Å². The molecule has 0 bridgehead atoms. The van der Waals surface area contributed by atoms with Crippen LogP contribution in [0.5, 0.6) is 0 Å². The maximum atomic E-state index is 5.23. The second-order valence-corrected chi connectivity index (χ2v) is 2.47. The molecule has 0 saturated heterocycles. The van der Waals surface area contributed by atoms with Crippen molar-refractivity contribution in [3.05, 3.63) is 0 Å². The predicted molar refractivity (Wildman–Crippen MR) is 42.7 cm³/mol. The molecule has 0 atom stereocenters. The van der Waals surface area contributed by atoms with Crippen LogP contribution >= 0.6 is 0 Å². The first kappa shape index (κ1) is 9.27. The minimum atomic E-state index is 0.288. The summed E-state index contributed by atoms with van der Waals surface area (Å²) < 4.78 is 5.23. The van der Waals surface area contributed by atoms with Gasteiger partial charge in [-0.3, -0.25) is 0 Å². The maximum Gasteiger partial charge on any atom is 0.208 e. The largest absolute Gasteiger partial charge is 0.480 e. The molecule has 0 heterocycles. The van der Waals surface area contributed by atoms with Gasteiger partial charge in [-0.2, -0.15) is 0 Å². The summed E-state index contributed by atoms with van der Waals surface area (Å²) in [5.41, 5.74) is 0. The number of ether oxygens (including phenoxy) is 1. The second-order valence-electron chi connectivity index (χ2n) is 2.47. The summed E-state index contributed by atoms with van der Waals surface area (Å²) in [7, 11) is 0. The van der Waals surface area contributed by atoms with Crippen LogP contribution in [0.15, 0.2) is 5.10 Å². The van der Waals surface area contributed by atoms with Crippen molar-refractivity contribution in [1.29, 1.82) is 0 Å². The second kappa shape index (κ2) is 5.09. The molecule has 60 valence electrons. The van der Waals surface area contributed by atoms with E-state index in [-0.39, 0.29) is 5.92 Å². The minimum Gasteiger partial charge on any atom is -0.480 e. The van der Waals surface area contributed by atoms with Crippen molar-refractivity contribution in [2.45, 2.75) is 27.2 Å². The molecule has 0 aliphatic carbocycles.